The summed E-state index contributed by atoms with van der Waals surface area (Å²) in [6.07, 6.45) is 0. The SMILES string of the molecule is [2H]C([2H])([2H])c1cc(-c2ccccc2C)ccc1N. The summed E-state index contributed by atoms with van der Waals surface area (Å²) in [4.78, 5) is 0. The molecule has 2 aromatic carbocycles. The van der Waals surface area contributed by atoms with Gasteiger partial charge in [0.25, 0.3) is 0 Å². The van der Waals surface area contributed by atoms with Gasteiger partial charge in [0.15, 0.2) is 0 Å². The van der Waals surface area contributed by atoms with Gasteiger partial charge in [0.1, 0.15) is 0 Å². The molecule has 2 rings (SSSR count). The Kier molecular flexibility index (Phi) is 1.68. The Bertz CT molecular complexity index is 573. The molecule has 0 fully saturated rings. The maximum Gasteiger partial charge on any atom is 0.0344 e. The fraction of sp³-hybridized carbons (Fsp3) is 0.143. The Morgan fingerprint density at radius 3 is 2.60 bits per heavy atom. The Morgan fingerprint density at radius 2 is 1.87 bits per heavy atom. The highest BCUT2D eigenvalue weighted by Crippen LogP contribution is 2.25. The highest BCUT2D eigenvalue weighted by molar-refractivity contribution is 5.70. The fourth-order valence-corrected chi connectivity index (χ4v) is 1.62. The van der Waals surface area contributed by atoms with Crippen molar-refractivity contribution >= 4 is 5.69 Å². The smallest absolute Gasteiger partial charge is 0.0344 e. The second kappa shape index (κ2) is 3.77. The van der Waals surface area contributed by atoms with E-state index in [1.165, 1.54) is 0 Å². The zero-order valence-corrected chi connectivity index (χ0v) is 8.62. The van der Waals surface area contributed by atoms with Crippen LogP contribution in [-0.4, -0.2) is 0 Å². The molecule has 0 heterocycles. The Morgan fingerprint density at radius 1 is 1.07 bits per heavy atom. The van der Waals surface area contributed by atoms with Crippen LogP contribution in [0.4, 0.5) is 5.69 Å². The van der Waals surface area contributed by atoms with Crippen molar-refractivity contribution in [3.8, 4) is 11.1 Å². The number of hydrogen-bond donors (Lipinski definition) is 1. The molecule has 0 atom stereocenters. The Balaban J connectivity index is 2.58. The number of aryl methyl sites for hydroxylation is 2. The molecule has 0 bridgehead atoms. The molecule has 0 aliphatic rings. The molecular formula is C14H15N. The summed E-state index contributed by atoms with van der Waals surface area (Å²) in [7, 11) is 0. The number of hydrogen-bond acceptors (Lipinski definition) is 1. The summed E-state index contributed by atoms with van der Waals surface area (Å²) < 4.78 is 22.4. The third-order valence-corrected chi connectivity index (χ3v) is 2.51. The summed E-state index contributed by atoms with van der Waals surface area (Å²) in [5.74, 6) is 0. The van der Waals surface area contributed by atoms with Gasteiger partial charge in [0, 0.05) is 9.80 Å². The van der Waals surface area contributed by atoms with E-state index in [0.717, 1.165) is 16.7 Å². The van der Waals surface area contributed by atoms with Gasteiger partial charge in [0.2, 0.25) is 0 Å². The van der Waals surface area contributed by atoms with Crippen molar-refractivity contribution in [2.24, 2.45) is 0 Å². The molecule has 0 unspecified atom stereocenters. The van der Waals surface area contributed by atoms with E-state index in [1.54, 1.807) is 12.1 Å². The lowest BCUT2D eigenvalue weighted by Crippen LogP contribution is -1.90. The van der Waals surface area contributed by atoms with Gasteiger partial charge in [-0.2, -0.15) is 0 Å². The summed E-state index contributed by atoms with van der Waals surface area (Å²) in [6.45, 7) is -0.177. The number of nitrogens with two attached hydrogens (primary N) is 1. The first-order valence-corrected chi connectivity index (χ1v) is 4.85. The molecular weight excluding hydrogens is 182 g/mol. The van der Waals surface area contributed by atoms with E-state index in [9.17, 15) is 0 Å². The van der Waals surface area contributed by atoms with E-state index in [2.05, 4.69) is 0 Å². The predicted molar refractivity (Wildman–Crippen MR) is 65.8 cm³/mol. The van der Waals surface area contributed by atoms with Gasteiger partial charge in [-0.1, -0.05) is 30.3 Å². The molecule has 0 saturated heterocycles. The topological polar surface area (TPSA) is 26.0 Å². The number of nitrogen functional groups attached to an aromatic ring is 1. The van der Waals surface area contributed by atoms with Gasteiger partial charge < -0.3 is 5.73 Å². The molecule has 2 aromatic rings. The molecule has 0 radical (unpaired) electrons. The van der Waals surface area contributed by atoms with Crippen molar-refractivity contribution in [2.75, 3.05) is 5.73 Å². The molecule has 15 heavy (non-hydrogen) atoms. The van der Waals surface area contributed by atoms with E-state index in [4.69, 9.17) is 9.85 Å². The molecule has 0 aliphatic carbocycles. The lowest BCUT2D eigenvalue weighted by Gasteiger charge is -2.07. The number of benzene rings is 2. The van der Waals surface area contributed by atoms with Crippen LogP contribution < -0.4 is 5.73 Å². The van der Waals surface area contributed by atoms with Gasteiger partial charge in [-0.3, -0.25) is 0 Å². The average molecular weight is 200 g/mol. The predicted octanol–water partition coefficient (Wildman–Crippen LogP) is 3.55. The molecule has 0 amide bonds. The minimum Gasteiger partial charge on any atom is -0.399 e. The first-order chi connectivity index (χ1) is 8.39. The molecule has 0 saturated carbocycles. The largest absolute Gasteiger partial charge is 0.399 e. The van der Waals surface area contributed by atoms with E-state index in [-0.39, 0.29) is 5.56 Å². The average Bonchev–Trinajstić information content (AvgIpc) is 2.29. The molecule has 0 aliphatic heterocycles. The van der Waals surface area contributed by atoms with Crippen molar-refractivity contribution in [2.45, 2.75) is 13.8 Å². The normalized spacial score (nSPS) is 14.1. The Labute approximate surface area is 94.8 Å². The van der Waals surface area contributed by atoms with Crippen LogP contribution in [0.3, 0.4) is 0 Å². The second-order valence-corrected chi connectivity index (χ2v) is 3.62. The molecule has 0 aromatic heterocycles. The first kappa shape index (κ1) is 6.67. The summed E-state index contributed by atoms with van der Waals surface area (Å²) >= 11 is 0. The second-order valence-electron chi connectivity index (χ2n) is 3.62. The lowest BCUT2D eigenvalue weighted by atomic mass is 9.99. The molecule has 1 heteroatoms. The highest BCUT2D eigenvalue weighted by atomic mass is 14.5. The zero-order chi connectivity index (χ0) is 13.3. The molecule has 0 spiro atoms. The summed E-state index contributed by atoms with van der Waals surface area (Å²) in [6, 6.07) is 13.0. The van der Waals surface area contributed by atoms with Gasteiger partial charge in [0.05, 0.1) is 0 Å². The highest BCUT2D eigenvalue weighted by Gasteiger charge is 2.01. The zero-order valence-electron chi connectivity index (χ0n) is 11.6. The van der Waals surface area contributed by atoms with Crippen LogP contribution in [0.1, 0.15) is 15.2 Å². The lowest BCUT2D eigenvalue weighted by molar-refractivity contribution is 1.43. The number of anilines is 1. The summed E-state index contributed by atoms with van der Waals surface area (Å²) in [5, 5.41) is 0. The van der Waals surface area contributed by atoms with Gasteiger partial charge in [-0.05, 0) is 48.2 Å². The van der Waals surface area contributed by atoms with Crippen LogP contribution in [0.2, 0.25) is 0 Å². The van der Waals surface area contributed by atoms with Crippen molar-refractivity contribution in [1.29, 1.82) is 0 Å². The quantitative estimate of drug-likeness (QED) is 0.700. The maximum atomic E-state index is 7.48. The van der Waals surface area contributed by atoms with Crippen LogP contribution in [0.5, 0.6) is 0 Å². The summed E-state index contributed by atoms with van der Waals surface area (Å²) in [5.41, 5.74) is 9.28. The van der Waals surface area contributed by atoms with E-state index < -0.39 is 6.85 Å². The first-order valence-electron chi connectivity index (χ1n) is 6.35. The monoisotopic (exact) mass is 200 g/mol. The van der Waals surface area contributed by atoms with Crippen LogP contribution >= 0.6 is 0 Å². The third-order valence-electron chi connectivity index (χ3n) is 2.51. The minimum atomic E-state index is -2.18. The fourth-order valence-electron chi connectivity index (χ4n) is 1.62. The van der Waals surface area contributed by atoms with E-state index in [1.807, 2.05) is 37.3 Å². The van der Waals surface area contributed by atoms with Crippen molar-refractivity contribution in [3.05, 3.63) is 53.6 Å². The maximum absolute atomic E-state index is 7.48. The van der Waals surface area contributed by atoms with Crippen LogP contribution in [-0.2, 0) is 0 Å². The van der Waals surface area contributed by atoms with E-state index in [0.29, 0.717) is 5.69 Å². The minimum absolute atomic E-state index is 0.211. The standard InChI is InChI=1S/C14H15N/c1-10-5-3-4-6-13(10)12-7-8-14(15)11(2)9-12/h3-9H,15H2,1-2H3/i2D3. The third kappa shape index (κ3) is 1.86. The Hall–Kier alpha value is -1.76. The van der Waals surface area contributed by atoms with Crippen LogP contribution in [0, 0.1) is 13.8 Å². The van der Waals surface area contributed by atoms with E-state index >= 15 is 0 Å². The molecule has 76 valence electrons. The molecule has 1 nitrogen and oxygen atoms in total. The van der Waals surface area contributed by atoms with Gasteiger partial charge in [-0.25, -0.2) is 0 Å². The van der Waals surface area contributed by atoms with Crippen LogP contribution in [0.25, 0.3) is 11.1 Å². The number of rotatable bonds is 1. The van der Waals surface area contributed by atoms with Crippen LogP contribution in [0.15, 0.2) is 42.5 Å². The van der Waals surface area contributed by atoms with Crippen molar-refractivity contribution < 1.29 is 4.11 Å². The van der Waals surface area contributed by atoms with Crippen molar-refractivity contribution in [3.63, 3.8) is 0 Å². The van der Waals surface area contributed by atoms with Gasteiger partial charge in [-0.15, -0.1) is 0 Å². The van der Waals surface area contributed by atoms with Gasteiger partial charge >= 0.3 is 0 Å². The molecule has 2 N–H and O–H groups in total. The van der Waals surface area contributed by atoms with Crippen molar-refractivity contribution in [1.82, 2.24) is 0 Å².